The minimum atomic E-state index is 0.192. The molecule has 1 aliphatic heterocycles. The highest BCUT2D eigenvalue weighted by Gasteiger charge is 2.15. The van der Waals surface area contributed by atoms with E-state index in [0.29, 0.717) is 32.7 Å². The summed E-state index contributed by atoms with van der Waals surface area (Å²) in [5, 5.41) is 9.00. The number of nitrogens with one attached hydrogen (secondary N) is 1. The molecular formula is C10H16N4O2S. The molecule has 1 N–H and O–H groups in total. The Labute approximate surface area is 104 Å². The molecule has 1 aromatic rings. The first-order valence-electron chi connectivity index (χ1n) is 5.68. The quantitative estimate of drug-likeness (QED) is 0.744. The van der Waals surface area contributed by atoms with E-state index in [-0.39, 0.29) is 5.91 Å². The third-order valence-corrected chi connectivity index (χ3v) is 3.14. The second-order valence-corrected chi connectivity index (χ2v) is 4.43. The van der Waals surface area contributed by atoms with Gasteiger partial charge in [-0.1, -0.05) is 4.49 Å². The third-order valence-electron chi connectivity index (χ3n) is 2.59. The molecule has 1 fully saturated rings. The minimum Gasteiger partial charge on any atom is -0.378 e. The predicted octanol–water partition coefficient (Wildman–Crippen LogP) is -0.123. The van der Waals surface area contributed by atoms with E-state index in [1.807, 2.05) is 10.3 Å². The Morgan fingerprint density at radius 3 is 3.06 bits per heavy atom. The van der Waals surface area contributed by atoms with Crippen LogP contribution in [0.25, 0.3) is 0 Å². The second kappa shape index (κ2) is 6.63. The van der Waals surface area contributed by atoms with Crippen LogP contribution in [-0.2, 0) is 16.1 Å². The molecule has 0 radical (unpaired) electrons. The van der Waals surface area contributed by atoms with Gasteiger partial charge in [0, 0.05) is 38.0 Å². The van der Waals surface area contributed by atoms with Gasteiger partial charge in [0.2, 0.25) is 5.91 Å². The average Bonchev–Trinajstić information content (AvgIpc) is 2.88. The Balaban J connectivity index is 1.59. The lowest BCUT2D eigenvalue weighted by Crippen LogP contribution is -2.41. The summed E-state index contributed by atoms with van der Waals surface area (Å²) in [6.45, 7) is 4.09. The normalized spacial score (nSPS) is 16.1. The molecule has 0 atom stereocenters. The number of morpholine rings is 1. The maximum absolute atomic E-state index is 11.8. The Morgan fingerprint density at radius 1 is 1.53 bits per heavy atom. The molecule has 0 saturated carbocycles. The van der Waals surface area contributed by atoms with E-state index < -0.39 is 0 Å². The summed E-state index contributed by atoms with van der Waals surface area (Å²) in [4.78, 5) is 13.6. The Morgan fingerprint density at radius 2 is 2.35 bits per heavy atom. The maximum Gasteiger partial charge on any atom is 0.224 e. The number of nitrogens with zero attached hydrogens (tertiary/aromatic N) is 3. The van der Waals surface area contributed by atoms with E-state index in [1.54, 1.807) is 0 Å². The summed E-state index contributed by atoms with van der Waals surface area (Å²) >= 11 is 1.34. The van der Waals surface area contributed by atoms with Crippen LogP contribution in [0.1, 0.15) is 12.1 Å². The fourth-order valence-corrected chi connectivity index (χ4v) is 2.09. The van der Waals surface area contributed by atoms with Gasteiger partial charge in [0.15, 0.2) is 0 Å². The number of rotatable bonds is 5. The SMILES string of the molecule is O=C(CCNCc1csnn1)N1CCOCC1. The van der Waals surface area contributed by atoms with Crippen LogP contribution in [0, 0.1) is 0 Å². The lowest BCUT2D eigenvalue weighted by molar-refractivity contribution is -0.135. The first-order chi connectivity index (χ1) is 8.36. The van der Waals surface area contributed by atoms with Crippen LogP contribution >= 0.6 is 11.5 Å². The molecule has 0 aliphatic carbocycles. The van der Waals surface area contributed by atoms with Crippen LogP contribution in [0.3, 0.4) is 0 Å². The van der Waals surface area contributed by atoms with Crippen LogP contribution < -0.4 is 5.32 Å². The van der Waals surface area contributed by atoms with Gasteiger partial charge in [-0.05, 0) is 11.5 Å². The van der Waals surface area contributed by atoms with Crippen molar-refractivity contribution in [2.24, 2.45) is 0 Å². The maximum atomic E-state index is 11.8. The summed E-state index contributed by atoms with van der Waals surface area (Å²) < 4.78 is 8.97. The summed E-state index contributed by atoms with van der Waals surface area (Å²) in [7, 11) is 0. The van der Waals surface area contributed by atoms with Crippen molar-refractivity contribution in [2.75, 3.05) is 32.8 Å². The van der Waals surface area contributed by atoms with Crippen molar-refractivity contribution in [3.8, 4) is 0 Å². The molecule has 0 aromatic carbocycles. The molecule has 1 saturated heterocycles. The molecule has 0 spiro atoms. The Kier molecular flexibility index (Phi) is 4.84. The van der Waals surface area contributed by atoms with E-state index in [4.69, 9.17) is 4.74 Å². The number of hydrogen-bond donors (Lipinski definition) is 1. The van der Waals surface area contributed by atoms with E-state index in [2.05, 4.69) is 14.9 Å². The first-order valence-corrected chi connectivity index (χ1v) is 6.52. The zero-order chi connectivity index (χ0) is 11.9. The Bertz CT molecular complexity index is 338. The lowest BCUT2D eigenvalue weighted by atomic mass is 10.3. The van der Waals surface area contributed by atoms with Crippen LogP contribution in [0.15, 0.2) is 5.38 Å². The molecule has 2 rings (SSSR count). The van der Waals surface area contributed by atoms with Crippen LogP contribution in [-0.4, -0.2) is 53.2 Å². The van der Waals surface area contributed by atoms with Gasteiger partial charge < -0.3 is 15.0 Å². The zero-order valence-corrected chi connectivity index (χ0v) is 10.4. The topological polar surface area (TPSA) is 67.4 Å². The minimum absolute atomic E-state index is 0.192. The van der Waals surface area contributed by atoms with Gasteiger partial charge >= 0.3 is 0 Å². The smallest absolute Gasteiger partial charge is 0.224 e. The summed E-state index contributed by atoms with van der Waals surface area (Å²) in [5.41, 5.74) is 0.925. The first kappa shape index (κ1) is 12.4. The van der Waals surface area contributed by atoms with Crippen LogP contribution in [0.5, 0.6) is 0 Å². The molecule has 94 valence electrons. The fraction of sp³-hybridized carbons (Fsp3) is 0.700. The summed E-state index contributed by atoms with van der Waals surface area (Å²) in [6, 6.07) is 0. The van der Waals surface area contributed by atoms with Gasteiger partial charge in [-0.25, -0.2) is 0 Å². The number of carbonyl (C=O) groups excluding carboxylic acids is 1. The van der Waals surface area contributed by atoms with Crippen LogP contribution in [0.4, 0.5) is 0 Å². The molecule has 1 aromatic heterocycles. The zero-order valence-electron chi connectivity index (χ0n) is 9.59. The van der Waals surface area contributed by atoms with Crippen molar-refractivity contribution in [1.29, 1.82) is 0 Å². The monoisotopic (exact) mass is 256 g/mol. The molecule has 6 nitrogen and oxygen atoms in total. The lowest BCUT2D eigenvalue weighted by Gasteiger charge is -2.26. The predicted molar refractivity (Wildman–Crippen MR) is 63.6 cm³/mol. The fourth-order valence-electron chi connectivity index (χ4n) is 1.64. The number of hydrogen-bond acceptors (Lipinski definition) is 6. The molecular weight excluding hydrogens is 240 g/mol. The number of amides is 1. The van der Waals surface area contributed by atoms with Gasteiger partial charge in [-0.3, -0.25) is 4.79 Å². The molecule has 1 aliphatic rings. The highest BCUT2D eigenvalue weighted by Crippen LogP contribution is 2.00. The molecule has 17 heavy (non-hydrogen) atoms. The van der Waals surface area contributed by atoms with Crippen molar-refractivity contribution >= 4 is 17.4 Å². The van der Waals surface area contributed by atoms with E-state index >= 15 is 0 Å². The summed E-state index contributed by atoms with van der Waals surface area (Å²) in [5.74, 6) is 0.192. The van der Waals surface area contributed by atoms with Crippen molar-refractivity contribution in [3.63, 3.8) is 0 Å². The molecule has 0 bridgehead atoms. The van der Waals surface area contributed by atoms with Crippen molar-refractivity contribution in [1.82, 2.24) is 19.8 Å². The highest BCUT2D eigenvalue weighted by atomic mass is 32.1. The van der Waals surface area contributed by atoms with Crippen LogP contribution in [0.2, 0.25) is 0 Å². The van der Waals surface area contributed by atoms with Gasteiger partial charge in [-0.15, -0.1) is 5.10 Å². The van der Waals surface area contributed by atoms with Crippen molar-refractivity contribution in [2.45, 2.75) is 13.0 Å². The summed E-state index contributed by atoms with van der Waals surface area (Å²) in [6.07, 6.45) is 0.525. The Hall–Kier alpha value is -1.05. The van der Waals surface area contributed by atoms with Gasteiger partial charge in [0.05, 0.1) is 18.9 Å². The number of ether oxygens (including phenoxy) is 1. The third kappa shape index (κ3) is 4.03. The number of carbonyl (C=O) groups is 1. The van der Waals surface area contributed by atoms with E-state index in [1.165, 1.54) is 11.5 Å². The number of aromatic nitrogens is 2. The van der Waals surface area contributed by atoms with Gasteiger partial charge in [0.1, 0.15) is 0 Å². The molecule has 0 unspecified atom stereocenters. The standard InChI is InChI=1S/C10H16N4O2S/c15-10(14-3-5-16-6-4-14)1-2-11-7-9-8-17-13-12-9/h8,11H,1-7H2. The van der Waals surface area contributed by atoms with Crippen molar-refractivity contribution < 1.29 is 9.53 Å². The molecule has 7 heteroatoms. The average molecular weight is 256 g/mol. The van der Waals surface area contributed by atoms with Gasteiger partial charge in [-0.2, -0.15) is 0 Å². The molecule has 2 heterocycles. The van der Waals surface area contributed by atoms with E-state index in [9.17, 15) is 4.79 Å². The second-order valence-electron chi connectivity index (χ2n) is 3.82. The highest BCUT2D eigenvalue weighted by molar-refractivity contribution is 7.03. The van der Waals surface area contributed by atoms with Gasteiger partial charge in [0.25, 0.3) is 0 Å². The largest absolute Gasteiger partial charge is 0.378 e. The van der Waals surface area contributed by atoms with Crippen molar-refractivity contribution in [3.05, 3.63) is 11.1 Å². The molecule has 1 amide bonds. The van der Waals surface area contributed by atoms with E-state index in [0.717, 1.165) is 18.8 Å².